The molecule has 0 saturated heterocycles. The average molecular weight is 339 g/mol. The van der Waals surface area contributed by atoms with Gasteiger partial charge in [-0.15, -0.1) is 0 Å². The molecule has 2 aromatic rings. The number of urea groups is 1. The summed E-state index contributed by atoms with van der Waals surface area (Å²) >= 11 is 0. The van der Waals surface area contributed by atoms with Gasteiger partial charge in [-0.05, 0) is 54.2 Å². The number of ether oxygens (including phenoxy) is 1. The van der Waals surface area contributed by atoms with Crippen LogP contribution in [0.4, 0.5) is 4.79 Å². The maximum absolute atomic E-state index is 12.4. The van der Waals surface area contributed by atoms with Gasteiger partial charge in [0, 0.05) is 38.4 Å². The van der Waals surface area contributed by atoms with Crippen molar-refractivity contribution in [2.45, 2.75) is 31.7 Å². The zero-order valence-corrected chi connectivity index (χ0v) is 14.9. The number of hydrogen-bond donors (Lipinski definition) is 1. The topological polar surface area (TPSA) is 54.5 Å². The van der Waals surface area contributed by atoms with Crippen molar-refractivity contribution in [3.8, 4) is 5.75 Å². The van der Waals surface area contributed by atoms with Gasteiger partial charge in [0.2, 0.25) is 0 Å². The first kappa shape index (κ1) is 17.3. The van der Waals surface area contributed by atoms with Crippen LogP contribution in [0.2, 0.25) is 0 Å². The third-order valence-corrected chi connectivity index (χ3v) is 4.78. The van der Waals surface area contributed by atoms with Gasteiger partial charge in [0.25, 0.3) is 0 Å². The molecule has 2 amide bonds. The van der Waals surface area contributed by atoms with E-state index in [9.17, 15) is 4.79 Å². The number of benzene rings is 1. The summed E-state index contributed by atoms with van der Waals surface area (Å²) in [7, 11) is 3.50. The molecule has 1 heterocycles. The lowest BCUT2D eigenvalue weighted by atomic mass is 9.82. The van der Waals surface area contributed by atoms with Gasteiger partial charge < -0.3 is 15.0 Å². The van der Waals surface area contributed by atoms with E-state index in [4.69, 9.17) is 4.74 Å². The summed E-state index contributed by atoms with van der Waals surface area (Å²) in [5.74, 6) is 1.27. The molecule has 1 aromatic heterocycles. The molecule has 0 saturated carbocycles. The number of fused-ring (bicyclic) bond motifs is 1. The number of nitrogens with one attached hydrogen (secondary N) is 1. The Morgan fingerprint density at radius 1 is 1.40 bits per heavy atom. The fraction of sp³-hybridized carbons (Fsp3) is 0.400. The number of carbonyl (C=O) groups excluding carboxylic acids is 1. The molecule has 1 N–H and O–H groups in total. The molecular formula is C20H25N3O2. The summed E-state index contributed by atoms with van der Waals surface area (Å²) in [6, 6.07) is 10.1. The number of methoxy groups -OCH3 is 1. The predicted molar refractivity (Wildman–Crippen MR) is 97.8 cm³/mol. The molecule has 3 rings (SSSR count). The van der Waals surface area contributed by atoms with Gasteiger partial charge in [0.05, 0.1) is 7.11 Å². The summed E-state index contributed by atoms with van der Waals surface area (Å²) in [6.07, 6.45) is 6.85. The summed E-state index contributed by atoms with van der Waals surface area (Å²) in [5, 5.41) is 3.08. The van der Waals surface area contributed by atoms with Gasteiger partial charge in [-0.1, -0.05) is 12.1 Å². The molecule has 25 heavy (non-hydrogen) atoms. The monoisotopic (exact) mass is 339 g/mol. The molecule has 1 atom stereocenters. The predicted octanol–water partition coefficient (Wildman–Crippen LogP) is 3.35. The molecule has 0 bridgehead atoms. The maximum atomic E-state index is 12.4. The number of aromatic nitrogens is 1. The van der Waals surface area contributed by atoms with Gasteiger partial charge in [-0.3, -0.25) is 4.98 Å². The second-order valence-corrected chi connectivity index (χ2v) is 6.56. The Labute approximate surface area is 149 Å². The number of nitrogens with zero attached hydrogens (tertiary/aromatic N) is 2. The Balaban J connectivity index is 1.58. The first-order chi connectivity index (χ1) is 12.2. The van der Waals surface area contributed by atoms with Crippen LogP contribution in [0.25, 0.3) is 0 Å². The summed E-state index contributed by atoms with van der Waals surface area (Å²) in [4.78, 5) is 18.2. The number of amides is 2. The van der Waals surface area contributed by atoms with Crippen LogP contribution in [0.3, 0.4) is 0 Å². The van der Waals surface area contributed by atoms with E-state index in [-0.39, 0.29) is 6.03 Å². The molecule has 0 unspecified atom stereocenters. The quantitative estimate of drug-likeness (QED) is 0.909. The largest absolute Gasteiger partial charge is 0.497 e. The van der Waals surface area contributed by atoms with Crippen LogP contribution in [-0.4, -0.2) is 36.6 Å². The number of pyridine rings is 1. The van der Waals surface area contributed by atoms with E-state index in [1.165, 1.54) is 11.1 Å². The highest BCUT2D eigenvalue weighted by molar-refractivity contribution is 5.73. The number of hydrogen-bond acceptors (Lipinski definition) is 3. The van der Waals surface area contributed by atoms with Crippen LogP contribution in [0.15, 0.2) is 42.7 Å². The van der Waals surface area contributed by atoms with E-state index in [0.29, 0.717) is 19.0 Å². The molecule has 5 heteroatoms. The normalized spacial score (nSPS) is 16.0. The lowest BCUT2D eigenvalue weighted by Gasteiger charge is -2.27. The van der Waals surface area contributed by atoms with Crippen molar-refractivity contribution in [3.63, 3.8) is 0 Å². The van der Waals surface area contributed by atoms with Crippen LogP contribution in [0.1, 0.15) is 35.4 Å². The minimum Gasteiger partial charge on any atom is -0.497 e. The minimum absolute atomic E-state index is 0.0514. The molecule has 5 nitrogen and oxygen atoms in total. The fourth-order valence-electron chi connectivity index (χ4n) is 3.41. The van der Waals surface area contributed by atoms with E-state index in [1.54, 1.807) is 24.4 Å². The standard InChI is InChI=1S/C20H25N3O2/c1-23(14-15-5-4-10-21-12-15)20(24)22-13-17-7-3-6-16-11-18(25-2)8-9-19(16)17/h4-5,8-12,17H,3,6-7,13-14H2,1-2H3,(H,22,24)/t17-/m1/s1. The van der Waals surface area contributed by atoms with Crippen molar-refractivity contribution >= 4 is 6.03 Å². The van der Waals surface area contributed by atoms with E-state index in [2.05, 4.69) is 22.4 Å². The molecule has 1 aromatic carbocycles. The van der Waals surface area contributed by atoms with Crippen LogP contribution in [0.5, 0.6) is 5.75 Å². The highest BCUT2D eigenvalue weighted by Gasteiger charge is 2.21. The molecule has 1 aliphatic carbocycles. The Morgan fingerprint density at radius 2 is 2.28 bits per heavy atom. The highest BCUT2D eigenvalue weighted by atomic mass is 16.5. The summed E-state index contributed by atoms with van der Waals surface area (Å²) in [6.45, 7) is 1.22. The van der Waals surface area contributed by atoms with Crippen LogP contribution >= 0.6 is 0 Å². The van der Waals surface area contributed by atoms with Crippen LogP contribution in [0, 0.1) is 0 Å². The Kier molecular flexibility index (Phi) is 5.53. The zero-order valence-electron chi connectivity index (χ0n) is 14.9. The fourth-order valence-corrected chi connectivity index (χ4v) is 3.41. The van der Waals surface area contributed by atoms with E-state index < -0.39 is 0 Å². The van der Waals surface area contributed by atoms with E-state index in [1.807, 2.05) is 25.2 Å². The third-order valence-electron chi connectivity index (χ3n) is 4.78. The Morgan fingerprint density at radius 3 is 3.04 bits per heavy atom. The van der Waals surface area contributed by atoms with Gasteiger partial charge >= 0.3 is 6.03 Å². The van der Waals surface area contributed by atoms with Crippen molar-refractivity contribution < 1.29 is 9.53 Å². The molecule has 0 spiro atoms. The second kappa shape index (κ2) is 8.01. The lowest BCUT2D eigenvalue weighted by molar-refractivity contribution is 0.206. The van der Waals surface area contributed by atoms with E-state index >= 15 is 0 Å². The summed E-state index contributed by atoms with van der Waals surface area (Å²) in [5.41, 5.74) is 3.70. The number of aryl methyl sites for hydroxylation is 1. The van der Waals surface area contributed by atoms with Crippen molar-refractivity contribution in [1.29, 1.82) is 0 Å². The average Bonchev–Trinajstić information content (AvgIpc) is 2.66. The first-order valence-corrected chi connectivity index (χ1v) is 8.72. The smallest absolute Gasteiger partial charge is 0.317 e. The molecule has 1 aliphatic rings. The molecule has 0 fully saturated rings. The van der Waals surface area contributed by atoms with Gasteiger partial charge in [-0.25, -0.2) is 4.79 Å². The van der Waals surface area contributed by atoms with Crippen molar-refractivity contribution in [3.05, 3.63) is 59.4 Å². The van der Waals surface area contributed by atoms with Gasteiger partial charge in [0.1, 0.15) is 5.75 Å². The van der Waals surface area contributed by atoms with Crippen molar-refractivity contribution in [1.82, 2.24) is 15.2 Å². The molecule has 132 valence electrons. The maximum Gasteiger partial charge on any atom is 0.317 e. The second-order valence-electron chi connectivity index (χ2n) is 6.56. The first-order valence-electron chi connectivity index (χ1n) is 8.72. The SMILES string of the molecule is COc1ccc2c(c1)CCC[C@@H]2CNC(=O)N(C)Cc1cccnc1. The zero-order chi connectivity index (χ0) is 17.6. The molecular weight excluding hydrogens is 314 g/mol. The number of rotatable bonds is 5. The van der Waals surface area contributed by atoms with Crippen LogP contribution < -0.4 is 10.1 Å². The van der Waals surface area contributed by atoms with Crippen molar-refractivity contribution in [2.75, 3.05) is 20.7 Å². The molecule has 0 radical (unpaired) electrons. The van der Waals surface area contributed by atoms with Crippen molar-refractivity contribution in [2.24, 2.45) is 0 Å². The Bertz CT molecular complexity index is 718. The highest BCUT2D eigenvalue weighted by Crippen LogP contribution is 2.33. The Hall–Kier alpha value is -2.56. The molecule has 0 aliphatic heterocycles. The van der Waals surface area contributed by atoms with E-state index in [0.717, 1.165) is 30.6 Å². The van der Waals surface area contributed by atoms with Crippen LogP contribution in [-0.2, 0) is 13.0 Å². The number of carbonyl (C=O) groups is 1. The lowest BCUT2D eigenvalue weighted by Crippen LogP contribution is -2.39. The van der Waals surface area contributed by atoms with Gasteiger partial charge in [0.15, 0.2) is 0 Å². The van der Waals surface area contributed by atoms with Gasteiger partial charge in [-0.2, -0.15) is 0 Å². The third kappa shape index (κ3) is 4.29. The summed E-state index contributed by atoms with van der Waals surface area (Å²) < 4.78 is 5.32. The minimum atomic E-state index is -0.0514.